The van der Waals surface area contributed by atoms with Crippen molar-refractivity contribution in [2.45, 2.75) is 26.1 Å². The molecule has 3 aromatic rings. The molecule has 0 saturated carbocycles. The maximum Gasteiger partial charge on any atom is 0.224 e. The highest BCUT2D eigenvalue weighted by Crippen LogP contribution is 2.13. The molecular formula is C14H15N7O. The van der Waals surface area contributed by atoms with Crippen LogP contribution in [0, 0.1) is 0 Å². The Morgan fingerprint density at radius 3 is 3.05 bits per heavy atom. The SMILES string of the molecule is O=C(CCn1nnc2ccccc21)N1CCn2cnnc2C1. The van der Waals surface area contributed by atoms with Crippen LogP contribution in [0.15, 0.2) is 30.6 Å². The van der Waals surface area contributed by atoms with Crippen LogP contribution in [0.4, 0.5) is 0 Å². The van der Waals surface area contributed by atoms with E-state index in [1.54, 1.807) is 11.0 Å². The van der Waals surface area contributed by atoms with Crippen molar-refractivity contribution in [2.24, 2.45) is 0 Å². The lowest BCUT2D eigenvalue weighted by Gasteiger charge is -2.27. The Bertz CT molecular complexity index is 821. The third-order valence-corrected chi connectivity index (χ3v) is 3.95. The van der Waals surface area contributed by atoms with E-state index in [-0.39, 0.29) is 5.91 Å². The first-order valence-electron chi connectivity index (χ1n) is 7.24. The third kappa shape index (κ3) is 2.22. The van der Waals surface area contributed by atoms with E-state index in [1.807, 2.05) is 33.7 Å². The summed E-state index contributed by atoms with van der Waals surface area (Å²) in [6.45, 7) is 2.50. The number of rotatable bonds is 3. The number of carbonyl (C=O) groups excluding carboxylic acids is 1. The van der Waals surface area contributed by atoms with Crippen molar-refractivity contribution in [3.63, 3.8) is 0 Å². The lowest BCUT2D eigenvalue weighted by Crippen LogP contribution is -2.38. The van der Waals surface area contributed by atoms with Crippen LogP contribution in [0.25, 0.3) is 11.0 Å². The minimum Gasteiger partial charge on any atom is -0.333 e. The van der Waals surface area contributed by atoms with Gasteiger partial charge in [-0.15, -0.1) is 15.3 Å². The van der Waals surface area contributed by atoms with E-state index in [0.29, 0.717) is 26.1 Å². The van der Waals surface area contributed by atoms with Gasteiger partial charge in [-0.25, -0.2) is 4.68 Å². The van der Waals surface area contributed by atoms with E-state index in [1.165, 1.54) is 0 Å². The Kier molecular flexibility index (Phi) is 3.06. The number of benzene rings is 1. The minimum absolute atomic E-state index is 0.105. The Hall–Kier alpha value is -2.77. The van der Waals surface area contributed by atoms with Gasteiger partial charge in [-0.1, -0.05) is 17.3 Å². The molecule has 4 rings (SSSR count). The third-order valence-electron chi connectivity index (χ3n) is 3.95. The van der Waals surface area contributed by atoms with E-state index >= 15 is 0 Å². The Morgan fingerprint density at radius 2 is 2.09 bits per heavy atom. The van der Waals surface area contributed by atoms with Crippen LogP contribution >= 0.6 is 0 Å². The summed E-state index contributed by atoms with van der Waals surface area (Å²) in [7, 11) is 0. The smallest absolute Gasteiger partial charge is 0.224 e. The van der Waals surface area contributed by atoms with E-state index in [2.05, 4.69) is 20.5 Å². The highest BCUT2D eigenvalue weighted by atomic mass is 16.2. The number of carbonyl (C=O) groups is 1. The van der Waals surface area contributed by atoms with Crippen LogP contribution in [0.5, 0.6) is 0 Å². The molecule has 0 atom stereocenters. The molecule has 1 aliphatic heterocycles. The molecule has 1 aromatic carbocycles. The van der Waals surface area contributed by atoms with Crippen LogP contribution in [-0.2, 0) is 24.4 Å². The molecule has 0 N–H and O–H groups in total. The molecular weight excluding hydrogens is 282 g/mol. The summed E-state index contributed by atoms with van der Waals surface area (Å²) in [6, 6.07) is 7.75. The van der Waals surface area contributed by atoms with Crippen molar-refractivity contribution in [3.05, 3.63) is 36.4 Å². The molecule has 1 aliphatic rings. The Labute approximate surface area is 126 Å². The average molecular weight is 297 g/mol. The molecule has 0 radical (unpaired) electrons. The van der Waals surface area contributed by atoms with Crippen LogP contribution in [0.2, 0.25) is 0 Å². The molecule has 8 heteroatoms. The van der Waals surface area contributed by atoms with E-state index in [0.717, 1.165) is 23.4 Å². The fourth-order valence-corrected chi connectivity index (χ4v) is 2.72. The average Bonchev–Trinajstić information content (AvgIpc) is 3.18. The molecule has 0 unspecified atom stereocenters. The van der Waals surface area contributed by atoms with Gasteiger partial charge >= 0.3 is 0 Å². The Morgan fingerprint density at radius 1 is 1.18 bits per heavy atom. The maximum absolute atomic E-state index is 12.4. The predicted octanol–water partition coefficient (Wildman–Crippen LogP) is 0.455. The summed E-state index contributed by atoms with van der Waals surface area (Å²) in [5, 5.41) is 16.1. The zero-order valence-corrected chi connectivity index (χ0v) is 12.0. The fourth-order valence-electron chi connectivity index (χ4n) is 2.72. The molecule has 3 heterocycles. The summed E-state index contributed by atoms with van der Waals surface area (Å²) in [5.41, 5.74) is 1.80. The molecule has 0 saturated heterocycles. The normalized spacial score (nSPS) is 14.3. The second-order valence-electron chi connectivity index (χ2n) is 5.31. The number of aromatic nitrogens is 6. The zero-order valence-electron chi connectivity index (χ0n) is 12.0. The van der Waals surface area contributed by atoms with Gasteiger partial charge in [0.15, 0.2) is 5.82 Å². The minimum atomic E-state index is 0.105. The highest BCUT2D eigenvalue weighted by molar-refractivity contribution is 5.77. The second kappa shape index (κ2) is 5.21. The Balaban J connectivity index is 1.43. The number of aryl methyl sites for hydroxylation is 1. The highest BCUT2D eigenvalue weighted by Gasteiger charge is 2.21. The van der Waals surface area contributed by atoms with Crippen molar-refractivity contribution >= 4 is 16.9 Å². The number of para-hydroxylation sites is 1. The van der Waals surface area contributed by atoms with Crippen molar-refractivity contribution < 1.29 is 4.79 Å². The quantitative estimate of drug-likeness (QED) is 0.701. The second-order valence-corrected chi connectivity index (χ2v) is 5.31. The predicted molar refractivity (Wildman–Crippen MR) is 77.6 cm³/mol. The molecule has 0 spiro atoms. The molecule has 22 heavy (non-hydrogen) atoms. The topological polar surface area (TPSA) is 81.7 Å². The van der Waals surface area contributed by atoms with Gasteiger partial charge in [0.2, 0.25) is 5.91 Å². The van der Waals surface area contributed by atoms with Crippen molar-refractivity contribution in [1.29, 1.82) is 0 Å². The lowest BCUT2D eigenvalue weighted by atomic mass is 10.3. The standard InChI is InChI=1S/C14H15N7O/c22-14(19-7-8-20-10-15-17-13(20)9-19)5-6-21-12-4-2-1-3-11(12)16-18-21/h1-4,10H,5-9H2. The number of amides is 1. The molecule has 8 nitrogen and oxygen atoms in total. The maximum atomic E-state index is 12.4. The van der Waals surface area contributed by atoms with Gasteiger partial charge in [0.05, 0.1) is 18.6 Å². The monoisotopic (exact) mass is 297 g/mol. The van der Waals surface area contributed by atoms with E-state index < -0.39 is 0 Å². The number of hydrogen-bond donors (Lipinski definition) is 0. The molecule has 2 aromatic heterocycles. The fraction of sp³-hybridized carbons (Fsp3) is 0.357. The van der Waals surface area contributed by atoms with Gasteiger partial charge in [0, 0.05) is 19.5 Å². The van der Waals surface area contributed by atoms with E-state index in [4.69, 9.17) is 0 Å². The summed E-state index contributed by atoms with van der Waals surface area (Å²) in [6.07, 6.45) is 2.11. The van der Waals surface area contributed by atoms with Gasteiger partial charge in [0.1, 0.15) is 11.8 Å². The van der Waals surface area contributed by atoms with Crippen molar-refractivity contribution in [3.8, 4) is 0 Å². The van der Waals surface area contributed by atoms with Crippen molar-refractivity contribution in [2.75, 3.05) is 6.54 Å². The molecule has 112 valence electrons. The van der Waals surface area contributed by atoms with Gasteiger partial charge < -0.3 is 9.47 Å². The number of fused-ring (bicyclic) bond motifs is 2. The number of nitrogens with zero attached hydrogens (tertiary/aromatic N) is 7. The number of hydrogen-bond acceptors (Lipinski definition) is 5. The van der Waals surface area contributed by atoms with Crippen LogP contribution in [0.3, 0.4) is 0 Å². The lowest BCUT2D eigenvalue weighted by molar-refractivity contribution is -0.133. The summed E-state index contributed by atoms with van der Waals surface area (Å²) in [4.78, 5) is 14.2. The summed E-state index contributed by atoms with van der Waals surface area (Å²) < 4.78 is 3.76. The molecule has 0 bridgehead atoms. The summed E-state index contributed by atoms with van der Waals surface area (Å²) >= 11 is 0. The van der Waals surface area contributed by atoms with Gasteiger partial charge in [-0.2, -0.15) is 0 Å². The summed E-state index contributed by atoms with van der Waals surface area (Å²) in [5.74, 6) is 0.944. The van der Waals surface area contributed by atoms with Gasteiger partial charge in [0.25, 0.3) is 0 Å². The van der Waals surface area contributed by atoms with Crippen LogP contribution < -0.4 is 0 Å². The first kappa shape index (κ1) is 12.9. The van der Waals surface area contributed by atoms with Crippen LogP contribution in [0.1, 0.15) is 12.2 Å². The molecule has 1 amide bonds. The molecule has 0 fully saturated rings. The molecule has 0 aliphatic carbocycles. The van der Waals surface area contributed by atoms with E-state index in [9.17, 15) is 4.79 Å². The first-order valence-corrected chi connectivity index (χ1v) is 7.24. The van der Waals surface area contributed by atoms with Gasteiger partial charge in [-0.05, 0) is 12.1 Å². The largest absolute Gasteiger partial charge is 0.333 e. The van der Waals surface area contributed by atoms with Gasteiger partial charge in [-0.3, -0.25) is 4.79 Å². The van der Waals surface area contributed by atoms with Crippen LogP contribution in [-0.4, -0.2) is 47.1 Å². The first-order chi connectivity index (χ1) is 10.8. The van der Waals surface area contributed by atoms with Crippen molar-refractivity contribution in [1.82, 2.24) is 34.7 Å². The zero-order chi connectivity index (χ0) is 14.9.